The maximum atomic E-state index is 9.32. The van der Waals surface area contributed by atoms with E-state index in [1.165, 1.54) is 0 Å². The van der Waals surface area contributed by atoms with Gasteiger partial charge in [-0.2, -0.15) is 0 Å². The molecule has 0 saturated heterocycles. The van der Waals surface area contributed by atoms with Crippen LogP contribution in [0.3, 0.4) is 0 Å². The fourth-order valence-corrected chi connectivity index (χ4v) is 0.309. The number of hydrogen-bond donors (Lipinski definition) is 0. The molecular formula is C6H4Cl2HgO4. The van der Waals surface area contributed by atoms with Crippen molar-refractivity contribution in [2.75, 3.05) is 0 Å². The second kappa shape index (κ2) is 14.5. The number of hydrogen-bond acceptors (Lipinski definition) is 4. The van der Waals surface area contributed by atoms with Crippen LogP contribution in [0.5, 0.6) is 0 Å². The van der Waals surface area contributed by atoms with Crippen LogP contribution >= 0.6 is 23.2 Å². The second-order valence-corrected chi connectivity index (χ2v) is 1.73. The molecule has 0 unspecified atom stereocenters. The molecule has 4 nitrogen and oxygen atoms in total. The predicted molar refractivity (Wildman–Crippen MR) is 40.0 cm³/mol. The van der Waals surface area contributed by atoms with Crippen LogP contribution in [0.4, 0.5) is 0 Å². The van der Waals surface area contributed by atoms with Crippen molar-refractivity contribution in [2.45, 2.75) is 0 Å². The van der Waals surface area contributed by atoms with Crippen molar-refractivity contribution in [3.05, 3.63) is 23.2 Å². The molecule has 0 amide bonds. The van der Waals surface area contributed by atoms with Gasteiger partial charge >= 0.3 is 27.7 Å². The summed E-state index contributed by atoms with van der Waals surface area (Å²) in [5.41, 5.74) is 1.77. The molecule has 0 fully saturated rings. The zero-order valence-corrected chi connectivity index (χ0v) is 13.4. The van der Waals surface area contributed by atoms with E-state index in [4.69, 9.17) is 23.2 Å². The zero-order chi connectivity index (χ0) is 9.98. The number of carbonyl (C=O) groups is 2. The van der Waals surface area contributed by atoms with Gasteiger partial charge in [0.25, 0.3) is 0 Å². The summed E-state index contributed by atoms with van der Waals surface area (Å²) in [6, 6.07) is 0. The molecule has 7 heteroatoms. The quantitative estimate of drug-likeness (QED) is 0.430. The Morgan fingerprint density at radius 3 is 1.15 bits per heavy atom. The summed E-state index contributed by atoms with van der Waals surface area (Å²) in [7, 11) is 0. The van der Waals surface area contributed by atoms with E-state index >= 15 is 0 Å². The molecule has 0 aromatic rings. The summed E-state index contributed by atoms with van der Waals surface area (Å²) >= 11 is 9.59. The van der Waals surface area contributed by atoms with E-state index in [9.17, 15) is 19.8 Å². The minimum absolute atomic E-state index is 0. The Kier molecular flexibility index (Phi) is 20.8. The molecule has 0 saturated carbocycles. The first-order valence-electron chi connectivity index (χ1n) is 2.50. The molecule has 0 aliphatic rings. The molecule has 0 N–H and O–H groups in total. The number of halogens is 2. The van der Waals surface area contributed by atoms with E-state index in [2.05, 4.69) is 0 Å². The number of rotatable bonds is 2. The van der Waals surface area contributed by atoms with Crippen molar-refractivity contribution in [3.8, 4) is 0 Å². The summed E-state index contributed by atoms with van der Waals surface area (Å²) in [5.74, 6) is -2.55. The standard InChI is InChI=1S/2C3H3ClO2.Hg/c2*4-2-1-3(5)6;/h2*1-2H,(H,5,6);/q;;+2/p-2/b2*2-1+;. The van der Waals surface area contributed by atoms with Crippen LogP contribution in [0.15, 0.2) is 23.2 Å². The Morgan fingerprint density at radius 2 is 1.15 bits per heavy atom. The van der Waals surface area contributed by atoms with Crippen LogP contribution in [0.25, 0.3) is 0 Å². The van der Waals surface area contributed by atoms with Crippen LogP contribution in [-0.4, -0.2) is 11.9 Å². The third-order valence-corrected chi connectivity index (χ3v) is 0.650. The van der Waals surface area contributed by atoms with E-state index in [-0.39, 0.29) is 27.7 Å². The maximum Gasteiger partial charge on any atom is 2.00 e. The van der Waals surface area contributed by atoms with E-state index in [1.54, 1.807) is 0 Å². The van der Waals surface area contributed by atoms with Gasteiger partial charge in [0, 0.05) is 11.1 Å². The fraction of sp³-hybridized carbons (Fsp3) is 0. The van der Waals surface area contributed by atoms with Crippen molar-refractivity contribution in [1.82, 2.24) is 0 Å². The van der Waals surface area contributed by atoms with Crippen molar-refractivity contribution < 1.29 is 47.5 Å². The Hall–Kier alpha value is -0.0649. The van der Waals surface area contributed by atoms with Gasteiger partial charge in [0.05, 0.1) is 11.9 Å². The molecule has 0 heterocycles. The first-order chi connectivity index (χ1) is 5.54. The monoisotopic (exact) mass is 412 g/mol. The average Bonchev–Trinajstić information content (AvgIpc) is 1.87. The van der Waals surface area contributed by atoms with E-state index < -0.39 is 11.9 Å². The molecule has 0 aliphatic heterocycles. The Labute approximate surface area is 105 Å². The first kappa shape index (κ1) is 18.7. The number of aliphatic carboxylic acids is 2. The van der Waals surface area contributed by atoms with Crippen molar-refractivity contribution in [2.24, 2.45) is 0 Å². The molecule has 0 atom stereocenters. The van der Waals surface area contributed by atoms with Gasteiger partial charge in [-0.1, -0.05) is 23.2 Å². The molecule has 0 spiro atoms. The summed E-state index contributed by atoms with van der Waals surface area (Å²) in [6.07, 6.45) is 1.48. The average molecular weight is 412 g/mol. The molecular weight excluding hydrogens is 408 g/mol. The van der Waals surface area contributed by atoms with E-state index in [1.807, 2.05) is 0 Å². The minimum atomic E-state index is -1.27. The third-order valence-electron chi connectivity index (χ3n) is 0.398. The second-order valence-electron chi connectivity index (χ2n) is 1.22. The molecule has 0 aromatic carbocycles. The predicted octanol–water partition coefficient (Wildman–Crippen LogP) is -1.02. The molecule has 0 aromatic heterocycles. The van der Waals surface area contributed by atoms with E-state index in [0.717, 1.165) is 23.2 Å². The molecule has 0 rings (SSSR count). The number of carbonyl (C=O) groups excluding carboxylic acids is 2. The van der Waals surface area contributed by atoms with Crippen molar-refractivity contribution in [1.29, 1.82) is 0 Å². The zero-order valence-electron chi connectivity index (χ0n) is 6.41. The number of carboxylic acids is 2. The first-order valence-corrected chi connectivity index (χ1v) is 3.37. The largest absolute Gasteiger partial charge is 2.00 e. The molecule has 13 heavy (non-hydrogen) atoms. The van der Waals surface area contributed by atoms with Gasteiger partial charge in [0.15, 0.2) is 0 Å². The van der Waals surface area contributed by atoms with Crippen LogP contribution in [0.2, 0.25) is 0 Å². The smallest absolute Gasteiger partial charge is 0.545 e. The van der Waals surface area contributed by atoms with Crippen LogP contribution in [-0.2, 0) is 37.3 Å². The molecule has 68 valence electrons. The summed E-state index contributed by atoms with van der Waals surface area (Å²) in [5, 5.41) is 18.6. The van der Waals surface area contributed by atoms with Gasteiger partial charge in [0.2, 0.25) is 0 Å². The molecule has 0 bridgehead atoms. The summed E-state index contributed by atoms with van der Waals surface area (Å²) in [6.45, 7) is 0. The SMILES string of the molecule is O=C([O-])/C=C/Cl.O=C([O-])/C=C/Cl.[Hg+2]. The van der Waals surface area contributed by atoms with Gasteiger partial charge < -0.3 is 19.8 Å². The van der Waals surface area contributed by atoms with Crippen molar-refractivity contribution in [3.63, 3.8) is 0 Å². The van der Waals surface area contributed by atoms with Crippen LogP contribution < -0.4 is 10.2 Å². The Bertz CT molecular complexity index is 181. The summed E-state index contributed by atoms with van der Waals surface area (Å²) < 4.78 is 0. The van der Waals surface area contributed by atoms with E-state index in [0.29, 0.717) is 0 Å². The number of carboxylic acid groups (broad SMARTS) is 2. The van der Waals surface area contributed by atoms with Crippen molar-refractivity contribution >= 4 is 35.1 Å². The fourth-order valence-electron chi connectivity index (χ4n) is 0.103. The normalized spacial score (nSPS) is 8.77. The third kappa shape index (κ3) is 33.4. The van der Waals surface area contributed by atoms with Gasteiger partial charge in [-0.25, -0.2) is 0 Å². The van der Waals surface area contributed by atoms with Gasteiger partial charge in [-0.3, -0.25) is 0 Å². The maximum absolute atomic E-state index is 9.32. The van der Waals surface area contributed by atoms with Gasteiger partial charge in [0.1, 0.15) is 0 Å². The molecule has 0 radical (unpaired) electrons. The van der Waals surface area contributed by atoms with Gasteiger partial charge in [-0.05, 0) is 12.2 Å². The Balaban J connectivity index is -0.000000143. The Morgan fingerprint density at radius 1 is 0.923 bits per heavy atom. The van der Waals surface area contributed by atoms with Crippen LogP contribution in [0, 0.1) is 0 Å². The molecule has 0 aliphatic carbocycles. The topological polar surface area (TPSA) is 80.3 Å². The van der Waals surface area contributed by atoms with Crippen LogP contribution in [0.1, 0.15) is 0 Å². The minimum Gasteiger partial charge on any atom is -0.545 e. The van der Waals surface area contributed by atoms with Gasteiger partial charge in [-0.15, -0.1) is 0 Å². The summed E-state index contributed by atoms with van der Waals surface area (Å²) in [4.78, 5) is 18.6.